The molecule has 1 amide bonds. The topological polar surface area (TPSA) is 66.0 Å². The fourth-order valence-electron chi connectivity index (χ4n) is 6.27. The van der Waals surface area contributed by atoms with E-state index in [1.54, 1.807) is 23.3 Å². The first-order valence-corrected chi connectivity index (χ1v) is 16.7. The van der Waals surface area contributed by atoms with E-state index in [0.717, 1.165) is 46.8 Å². The van der Waals surface area contributed by atoms with Crippen molar-refractivity contribution in [3.8, 4) is 0 Å². The number of fused-ring (bicyclic) bond motifs is 2. The van der Waals surface area contributed by atoms with Crippen LogP contribution in [0.1, 0.15) is 90.7 Å². The Hall–Kier alpha value is -2.71. The van der Waals surface area contributed by atoms with Crippen molar-refractivity contribution in [2.45, 2.75) is 94.3 Å². The van der Waals surface area contributed by atoms with E-state index in [-0.39, 0.29) is 18.0 Å². The molecule has 3 aromatic carbocycles. The van der Waals surface area contributed by atoms with Gasteiger partial charge < -0.3 is 10.6 Å². The van der Waals surface area contributed by atoms with Gasteiger partial charge in [-0.05, 0) is 91.4 Å². The van der Waals surface area contributed by atoms with E-state index in [4.69, 9.17) is 0 Å². The summed E-state index contributed by atoms with van der Waals surface area (Å²) in [5.41, 5.74) is 6.18. The Labute approximate surface area is 252 Å². The molecule has 0 spiro atoms. The standard InChI is InChI=1S/C34H40N4OS2/c1-23-36-32-20-28(16-18-33(32)40-23)41-38-31(25-9-4-2-5-10-25)21-34(39)37-30-14-8-11-26-19-24(15-17-29(26)30)22-35-27-12-6-3-7-13-27/h2,4-5,9-10,15-20,27,30-31,35,38H,3,6-8,11-14,21-22H2,1H3,(H,37,39)/t30-,31-/m1/s1. The molecule has 7 heteroatoms. The average Bonchev–Trinajstić information content (AvgIpc) is 3.38. The molecule has 0 saturated heterocycles. The number of carbonyl (C=O) groups excluding carboxylic acids is 1. The molecular formula is C34H40N4OS2. The summed E-state index contributed by atoms with van der Waals surface area (Å²) in [4.78, 5) is 19.2. The van der Waals surface area contributed by atoms with Crippen LogP contribution >= 0.6 is 23.3 Å². The van der Waals surface area contributed by atoms with Gasteiger partial charge in [0.05, 0.1) is 27.3 Å². The van der Waals surface area contributed by atoms with Crippen LogP contribution in [0.25, 0.3) is 10.2 Å². The number of carbonyl (C=O) groups is 1. The summed E-state index contributed by atoms with van der Waals surface area (Å²) < 4.78 is 4.78. The maximum absolute atomic E-state index is 13.5. The first-order chi connectivity index (χ1) is 20.1. The molecule has 6 rings (SSSR count). The van der Waals surface area contributed by atoms with Crippen LogP contribution in [0.3, 0.4) is 0 Å². The molecule has 2 aliphatic rings. The van der Waals surface area contributed by atoms with Crippen molar-refractivity contribution in [3.05, 3.63) is 94.0 Å². The van der Waals surface area contributed by atoms with Crippen molar-refractivity contribution in [2.24, 2.45) is 0 Å². The Morgan fingerprint density at radius 2 is 1.85 bits per heavy atom. The van der Waals surface area contributed by atoms with Crippen molar-refractivity contribution < 1.29 is 4.79 Å². The number of aryl methyl sites for hydroxylation is 2. The zero-order valence-corrected chi connectivity index (χ0v) is 25.5. The minimum absolute atomic E-state index is 0.0750. The molecule has 1 aromatic heterocycles. The van der Waals surface area contributed by atoms with Crippen molar-refractivity contribution in [3.63, 3.8) is 0 Å². The smallest absolute Gasteiger partial charge is 0.222 e. The molecule has 0 unspecified atom stereocenters. The van der Waals surface area contributed by atoms with E-state index in [9.17, 15) is 4.79 Å². The molecule has 3 N–H and O–H groups in total. The molecule has 0 aliphatic heterocycles. The highest BCUT2D eigenvalue weighted by Gasteiger charge is 2.24. The normalized spacial score (nSPS) is 18.2. The number of hydrogen-bond acceptors (Lipinski definition) is 6. The number of nitrogens with zero attached hydrogens (tertiary/aromatic N) is 1. The quantitative estimate of drug-likeness (QED) is 0.165. The monoisotopic (exact) mass is 584 g/mol. The molecule has 0 bridgehead atoms. The summed E-state index contributed by atoms with van der Waals surface area (Å²) in [7, 11) is 0. The van der Waals surface area contributed by atoms with E-state index in [1.807, 2.05) is 25.1 Å². The van der Waals surface area contributed by atoms with Gasteiger partial charge in [0.15, 0.2) is 0 Å². The van der Waals surface area contributed by atoms with Gasteiger partial charge >= 0.3 is 0 Å². The molecular weight excluding hydrogens is 545 g/mol. The third-order valence-electron chi connectivity index (χ3n) is 8.43. The predicted octanol–water partition coefficient (Wildman–Crippen LogP) is 7.95. The maximum atomic E-state index is 13.5. The summed E-state index contributed by atoms with van der Waals surface area (Å²) >= 11 is 3.28. The fraction of sp³-hybridized carbons (Fsp3) is 0.412. The average molecular weight is 585 g/mol. The highest BCUT2D eigenvalue weighted by molar-refractivity contribution is 7.97. The summed E-state index contributed by atoms with van der Waals surface area (Å²) in [5, 5.41) is 8.24. The third kappa shape index (κ3) is 7.39. The van der Waals surface area contributed by atoms with Crippen LogP contribution in [0.15, 0.2) is 71.6 Å². The molecule has 41 heavy (non-hydrogen) atoms. The summed E-state index contributed by atoms with van der Waals surface area (Å²) in [6.45, 7) is 2.98. The van der Waals surface area contributed by atoms with Gasteiger partial charge in [-0.2, -0.15) is 0 Å². The Balaban J connectivity index is 1.09. The van der Waals surface area contributed by atoms with Gasteiger partial charge in [0, 0.05) is 23.9 Å². The second-order valence-electron chi connectivity index (χ2n) is 11.5. The van der Waals surface area contributed by atoms with Gasteiger partial charge in [-0.3, -0.25) is 9.52 Å². The molecule has 5 nitrogen and oxygen atoms in total. The molecule has 1 fully saturated rings. The predicted molar refractivity (Wildman–Crippen MR) is 171 cm³/mol. The minimum Gasteiger partial charge on any atom is -0.349 e. The van der Waals surface area contributed by atoms with Crippen molar-refractivity contribution in [2.75, 3.05) is 0 Å². The lowest BCUT2D eigenvalue weighted by molar-refractivity contribution is -0.122. The first-order valence-electron chi connectivity index (χ1n) is 15.1. The molecule has 0 radical (unpaired) electrons. The number of amides is 1. The van der Waals surface area contributed by atoms with Gasteiger partial charge in [0.25, 0.3) is 0 Å². The molecule has 2 aliphatic carbocycles. The summed E-state index contributed by atoms with van der Waals surface area (Å²) in [5.74, 6) is 0.0819. The molecule has 1 saturated carbocycles. The Morgan fingerprint density at radius 3 is 2.71 bits per heavy atom. The van der Waals surface area contributed by atoms with Crippen LogP contribution in [-0.2, 0) is 17.8 Å². The van der Waals surface area contributed by atoms with Crippen LogP contribution in [0, 0.1) is 6.92 Å². The summed E-state index contributed by atoms with van der Waals surface area (Å²) in [6.07, 6.45) is 10.3. The van der Waals surface area contributed by atoms with Crippen LogP contribution in [0.5, 0.6) is 0 Å². The number of benzene rings is 3. The van der Waals surface area contributed by atoms with Gasteiger partial charge in [0.2, 0.25) is 5.91 Å². The minimum atomic E-state index is -0.106. The lowest BCUT2D eigenvalue weighted by Crippen LogP contribution is -2.33. The van der Waals surface area contributed by atoms with Crippen molar-refractivity contribution in [1.82, 2.24) is 20.3 Å². The van der Waals surface area contributed by atoms with E-state index in [0.29, 0.717) is 12.5 Å². The Morgan fingerprint density at radius 1 is 1.00 bits per heavy atom. The molecule has 214 valence electrons. The van der Waals surface area contributed by atoms with Crippen molar-refractivity contribution >= 4 is 39.4 Å². The van der Waals surface area contributed by atoms with Crippen LogP contribution < -0.4 is 15.4 Å². The number of nitrogens with one attached hydrogen (secondary N) is 3. The highest BCUT2D eigenvalue weighted by Crippen LogP contribution is 2.32. The van der Waals surface area contributed by atoms with Crippen LogP contribution in [-0.4, -0.2) is 16.9 Å². The lowest BCUT2D eigenvalue weighted by atomic mass is 9.86. The molecule has 2 atom stereocenters. The van der Waals surface area contributed by atoms with E-state index >= 15 is 0 Å². The first kappa shape index (κ1) is 28.4. The summed E-state index contributed by atoms with van der Waals surface area (Å²) in [6, 6.07) is 24.2. The molecule has 1 heterocycles. The molecule has 4 aromatic rings. The number of aromatic nitrogens is 1. The van der Waals surface area contributed by atoms with E-state index in [2.05, 4.69) is 68.9 Å². The van der Waals surface area contributed by atoms with Crippen LogP contribution in [0.4, 0.5) is 0 Å². The zero-order chi connectivity index (χ0) is 28.0. The van der Waals surface area contributed by atoms with Gasteiger partial charge in [-0.25, -0.2) is 4.98 Å². The van der Waals surface area contributed by atoms with Gasteiger partial charge in [-0.15, -0.1) is 11.3 Å². The van der Waals surface area contributed by atoms with Crippen molar-refractivity contribution in [1.29, 1.82) is 0 Å². The second-order valence-corrected chi connectivity index (χ2v) is 13.7. The third-order valence-corrected chi connectivity index (χ3v) is 10.3. The Bertz CT molecular complexity index is 1460. The SMILES string of the molecule is Cc1nc2cc(SN[C@H](CC(=O)N[C@@H]3CCCc4cc(CNC5CCCCC5)ccc43)c3ccccc3)ccc2s1. The number of hydrogen-bond donors (Lipinski definition) is 3. The number of rotatable bonds is 10. The number of thiazole rings is 1. The van der Waals surface area contributed by atoms with E-state index in [1.165, 1.54) is 53.5 Å². The van der Waals surface area contributed by atoms with Crippen LogP contribution in [0.2, 0.25) is 0 Å². The Kier molecular flexibility index (Phi) is 9.36. The van der Waals surface area contributed by atoms with Gasteiger partial charge in [-0.1, -0.05) is 67.8 Å². The van der Waals surface area contributed by atoms with E-state index < -0.39 is 0 Å². The highest BCUT2D eigenvalue weighted by atomic mass is 32.2. The largest absolute Gasteiger partial charge is 0.349 e. The maximum Gasteiger partial charge on any atom is 0.222 e. The second kappa shape index (κ2) is 13.5. The lowest BCUT2D eigenvalue weighted by Gasteiger charge is -2.28. The van der Waals surface area contributed by atoms with Gasteiger partial charge in [0.1, 0.15) is 0 Å². The zero-order valence-electron chi connectivity index (χ0n) is 23.8. The fourth-order valence-corrected chi connectivity index (χ4v) is 7.88.